The molecule has 110 valence electrons. The smallest absolute Gasteiger partial charge is 0.205 e. The van der Waals surface area contributed by atoms with Crippen molar-refractivity contribution in [1.29, 1.82) is 5.26 Å². The molecule has 0 aromatic heterocycles. The number of phenolic OH excluding ortho intramolecular Hbond substituents is 1. The fourth-order valence-corrected chi connectivity index (χ4v) is 2.88. The minimum atomic E-state index is -0.688. The maximum absolute atomic E-state index is 14.3. The van der Waals surface area contributed by atoms with Gasteiger partial charge in [0, 0.05) is 21.7 Å². The summed E-state index contributed by atoms with van der Waals surface area (Å²) >= 11 is 3.30. The molecule has 0 saturated heterocycles. The Morgan fingerprint density at radius 3 is 2.73 bits per heavy atom. The summed E-state index contributed by atoms with van der Waals surface area (Å²) in [5.74, 6) is -0.923. The van der Waals surface area contributed by atoms with Gasteiger partial charge in [-0.15, -0.1) is 0 Å². The summed E-state index contributed by atoms with van der Waals surface area (Å²) in [5, 5.41) is 19.0. The van der Waals surface area contributed by atoms with Crippen molar-refractivity contribution in [3.8, 4) is 17.6 Å². The van der Waals surface area contributed by atoms with Gasteiger partial charge in [0.2, 0.25) is 5.88 Å². The van der Waals surface area contributed by atoms with Crippen molar-refractivity contribution in [1.82, 2.24) is 0 Å². The van der Waals surface area contributed by atoms with Crippen LogP contribution in [0.5, 0.6) is 11.5 Å². The Labute approximate surface area is 134 Å². The van der Waals surface area contributed by atoms with Gasteiger partial charge in [-0.2, -0.15) is 5.26 Å². The number of phenols is 1. The molecule has 3 rings (SSSR count). The number of nitriles is 1. The van der Waals surface area contributed by atoms with Gasteiger partial charge < -0.3 is 15.6 Å². The number of ether oxygens (including phenoxy) is 1. The number of benzene rings is 2. The van der Waals surface area contributed by atoms with Crippen LogP contribution in [0.25, 0.3) is 0 Å². The molecule has 3 N–H and O–H groups in total. The minimum Gasteiger partial charge on any atom is -0.508 e. The number of nitrogens with zero attached hydrogens (tertiary/aromatic N) is 1. The molecule has 22 heavy (non-hydrogen) atoms. The standard InChI is InChI=1S/C16H10BrFN2O2/c17-8-1-4-13(18)11(5-8)15-10-3-2-9(21)6-14(10)22-16(20)12(15)7-19/h1-6,15,21H,20H2. The van der Waals surface area contributed by atoms with Crippen LogP contribution < -0.4 is 10.5 Å². The van der Waals surface area contributed by atoms with Gasteiger partial charge in [-0.05, 0) is 24.3 Å². The van der Waals surface area contributed by atoms with Crippen LogP contribution in [0, 0.1) is 17.1 Å². The molecule has 0 aliphatic carbocycles. The zero-order chi connectivity index (χ0) is 15.9. The van der Waals surface area contributed by atoms with Crippen molar-refractivity contribution in [2.45, 2.75) is 5.92 Å². The molecular formula is C16H10BrFN2O2. The van der Waals surface area contributed by atoms with E-state index >= 15 is 0 Å². The third-order valence-electron chi connectivity index (χ3n) is 3.47. The quantitative estimate of drug-likeness (QED) is 0.815. The second-order valence-electron chi connectivity index (χ2n) is 4.81. The number of rotatable bonds is 1. The van der Waals surface area contributed by atoms with E-state index in [4.69, 9.17) is 10.5 Å². The molecule has 6 heteroatoms. The van der Waals surface area contributed by atoms with Crippen molar-refractivity contribution < 1.29 is 14.2 Å². The summed E-state index contributed by atoms with van der Waals surface area (Å²) in [6.07, 6.45) is 0. The predicted octanol–water partition coefficient (Wildman–Crippen LogP) is 3.51. The Bertz CT molecular complexity index is 843. The largest absolute Gasteiger partial charge is 0.508 e. The van der Waals surface area contributed by atoms with Gasteiger partial charge in [-0.25, -0.2) is 4.39 Å². The van der Waals surface area contributed by atoms with Gasteiger partial charge in [-0.3, -0.25) is 0 Å². The first-order chi connectivity index (χ1) is 10.5. The van der Waals surface area contributed by atoms with E-state index in [1.54, 1.807) is 18.2 Å². The fraction of sp³-hybridized carbons (Fsp3) is 0.0625. The highest BCUT2D eigenvalue weighted by Gasteiger charge is 2.32. The predicted molar refractivity (Wildman–Crippen MR) is 81.5 cm³/mol. The van der Waals surface area contributed by atoms with Gasteiger partial charge in [0.15, 0.2) is 0 Å². The number of hydrogen-bond donors (Lipinski definition) is 2. The van der Waals surface area contributed by atoms with E-state index in [9.17, 15) is 14.8 Å². The minimum absolute atomic E-state index is 0.000391. The van der Waals surface area contributed by atoms with Crippen molar-refractivity contribution >= 4 is 15.9 Å². The van der Waals surface area contributed by atoms with Crippen LogP contribution in [0.15, 0.2) is 52.3 Å². The maximum Gasteiger partial charge on any atom is 0.205 e. The van der Waals surface area contributed by atoms with Crippen molar-refractivity contribution in [2.24, 2.45) is 5.73 Å². The molecule has 1 atom stereocenters. The molecule has 2 aromatic rings. The van der Waals surface area contributed by atoms with E-state index < -0.39 is 11.7 Å². The Balaban J connectivity index is 2.28. The van der Waals surface area contributed by atoms with Crippen molar-refractivity contribution in [3.05, 3.63) is 69.3 Å². The lowest BCUT2D eigenvalue weighted by molar-refractivity contribution is 0.387. The van der Waals surface area contributed by atoms with Gasteiger partial charge in [-0.1, -0.05) is 22.0 Å². The van der Waals surface area contributed by atoms with Crippen molar-refractivity contribution in [2.75, 3.05) is 0 Å². The molecule has 0 spiro atoms. The molecule has 0 amide bonds. The van der Waals surface area contributed by atoms with Crippen LogP contribution in [0.1, 0.15) is 17.0 Å². The molecular weight excluding hydrogens is 351 g/mol. The van der Waals surface area contributed by atoms with E-state index in [0.717, 1.165) is 0 Å². The van der Waals surface area contributed by atoms with Crippen LogP contribution in [-0.2, 0) is 0 Å². The number of fused-ring (bicyclic) bond motifs is 1. The van der Waals surface area contributed by atoms with Gasteiger partial charge in [0.1, 0.15) is 29.0 Å². The highest BCUT2D eigenvalue weighted by atomic mass is 79.9. The molecule has 0 saturated carbocycles. The average Bonchev–Trinajstić information content (AvgIpc) is 2.48. The number of hydrogen-bond acceptors (Lipinski definition) is 4. The number of allylic oxidation sites excluding steroid dienone is 1. The first-order valence-electron chi connectivity index (χ1n) is 6.36. The average molecular weight is 361 g/mol. The van der Waals surface area contributed by atoms with E-state index in [1.807, 2.05) is 6.07 Å². The number of nitrogens with two attached hydrogens (primary N) is 1. The maximum atomic E-state index is 14.3. The molecule has 0 bridgehead atoms. The van der Waals surface area contributed by atoms with Crippen LogP contribution >= 0.6 is 15.9 Å². The molecule has 4 nitrogen and oxygen atoms in total. The Morgan fingerprint density at radius 2 is 2.00 bits per heavy atom. The van der Waals surface area contributed by atoms with Crippen LogP contribution in [0.2, 0.25) is 0 Å². The Hall–Kier alpha value is -2.52. The first-order valence-corrected chi connectivity index (χ1v) is 7.16. The first kappa shape index (κ1) is 14.4. The fourth-order valence-electron chi connectivity index (χ4n) is 2.50. The summed E-state index contributed by atoms with van der Waals surface area (Å²) in [6, 6.07) is 10.9. The van der Waals surface area contributed by atoms with Gasteiger partial charge in [0.05, 0.1) is 5.92 Å². The van der Waals surface area contributed by atoms with Crippen LogP contribution in [0.3, 0.4) is 0 Å². The summed E-state index contributed by atoms with van der Waals surface area (Å²) in [5.41, 5.74) is 6.80. The van der Waals surface area contributed by atoms with Crippen molar-refractivity contribution in [3.63, 3.8) is 0 Å². The normalized spacial score (nSPS) is 16.7. The zero-order valence-corrected chi connectivity index (χ0v) is 12.8. The SMILES string of the molecule is N#CC1=C(N)Oc2cc(O)ccc2C1c1cc(Br)ccc1F. The second kappa shape index (κ2) is 5.35. The molecule has 2 aromatic carbocycles. The van der Waals surface area contributed by atoms with E-state index in [-0.39, 0.29) is 17.2 Å². The number of aromatic hydroxyl groups is 1. The Morgan fingerprint density at radius 1 is 1.23 bits per heavy atom. The van der Waals surface area contributed by atoms with Crippen LogP contribution in [0.4, 0.5) is 4.39 Å². The molecule has 1 aliphatic rings. The lowest BCUT2D eigenvalue weighted by Crippen LogP contribution is -2.21. The number of halogens is 2. The van der Waals surface area contributed by atoms with E-state index in [1.165, 1.54) is 18.2 Å². The summed E-state index contributed by atoms with van der Waals surface area (Å²) in [4.78, 5) is 0. The molecule has 0 radical (unpaired) electrons. The summed E-state index contributed by atoms with van der Waals surface area (Å²) in [6.45, 7) is 0. The van der Waals surface area contributed by atoms with Gasteiger partial charge >= 0.3 is 0 Å². The second-order valence-corrected chi connectivity index (χ2v) is 5.73. The zero-order valence-electron chi connectivity index (χ0n) is 11.2. The summed E-state index contributed by atoms with van der Waals surface area (Å²) < 4.78 is 20.3. The lowest BCUT2D eigenvalue weighted by atomic mass is 9.83. The molecule has 1 heterocycles. The lowest BCUT2D eigenvalue weighted by Gasteiger charge is -2.26. The highest BCUT2D eigenvalue weighted by Crippen LogP contribution is 2.44. The third-order valence-corrected chi connectivity index (χ3v) is 3.96. The van der Waals surface area contributed by atoms with E-state index in [2.05, 4.69) is 15.9 Å². The topological polar surface area (TPSA) is 79.3 Å². The molecule has 1 aliphatic heterocycles. The molecule has 1 unspecified atom stereocenters. The Kier molecular flexibility index (Phi) is 3.51. The monoisotopic (exact) mass is 360 g/mol. The summed E-state index contributed by atoms with van der Waals surface area (Å²) in [7, 11) is 0. The van der Waals surface area contributed by atoms with E-state index in [0.29, 0.717) is 21.3 Å². The van der Waals surface area contributed by atoms with Gasteiger partial charge in [0.25, 0.3) is 0 Å². The third kappa shape index (κ3) is 2.30. The van der Waals surface area contributed by atoms with Crippen LogP contribution in [-0.4, -0.2) is 5.11 Å². The highest BCUT2D eigenvalue weighted by molar-refractivity contribution is 9.10. The molecule has 0 fully saturated rings.